The fraction of sp³-hybridized carbons (Fsp3) is 0.310. The lowest BCUT2D eigenvalue weighted by Gasteiger charge is -2.33. The number of sulfonamides is 1. The molecule has 208 valence electrons. The van der Waals surface area contributed by atoms with Gasteiger partial charge in [-0.05, 0) is 69.7 Å². The average Bonchev–Trinajstić information content (AvgIpc) is 2.90. The molecule has 0 aromatic heterocycles. The van der Waals surface area contributed by atoms with Crippen LogP contribution in [0, 0.1) is 5.82 Å². The van der Waals surface area contributed by atoms with Crippen molar-refractivity contribution in [1.29, 1.82) is 0 Å². The maximum Gasteiger partial charge on any atom is 0.264 e. The standard InChI is InChI=1S/C29H34FN3O5S/c1-21(28(35)31-29(2,3)4)32(19-22-15-17-23(38-5)18-16-22)27(34)20-33(26-14-10-9-13-25(26)30)39(36,37)24-11-7-6-8-12-24/h6-18,21H,19-20H2,1-5H3,(H,31,35). The average molecular weight is 556 g/mol. The van der Waals surface area contributed by atoms with E-state index in [9.17, 15) is 22.4 Å². The Morgan fingerprint density at radius 1 is 0.949 bits per heavy atom. The first-order valence-corrected chi connectivity index (χ1v) is 13.8. The molecule has 0 aliphatic heterocycles. The number of ether oxygens (including phenoxy) is 1. The van der Waals surface area contributed by atoms with E-state index in [1.165, 1.54) is 42.3 Å². The maximum absolute atomic E-state index is 14.9. The van der Waals surface area contributed by atoms with E-state index in [1.54, 1.807) is 49.4 Å². The molecule has 1 N–H and O–H groups in total. The highest BCUT2D eigenvalue weighted by Gasteiger charge is 2.34. The molecule has 0 radical (unpaired) electrons. The number of carbonyl (C=O) groups excluding carboxylic acids is 2. The number of carbonyl (C=O) groups is 2. The number of methoxy groups -OCH3 is 1. The number of amides is 2. The number of benzene rings is 3. The van der Waals surface area contributed by atoms with Crippen molar-refractivity contribution in [3.63, 3.8) is 0 Å². The monoisotopic (exact) mass is 555 g/mol. The molecule has 0 bridgehead atoms. The summed E-state index contributed by atoms with van der Waals surface area (Å²) in [4.78, 5) is 28.1. The van der Waals surface area contributed by atoms with Gasteiger partial charge in [0.25, 0.3) is 10.0 Å². The van der Waals surface area contributed by atoms with Crippen LogP contribution in [0.3, 0.4) is 0 Å². The molecule has 3 aromatic carbocycles. The zero-order valence-corrected chi connectivity index (χ0v) is 23.5. The third kappa shape index (κ3) is 7.57. The van der Waals surface area contributed by atoms with Gasteiger partial charge in [-0.15, -0.1) is 0 Å². The molecule has 2 amide bonds. The molecular formula is C29H34FN3O5S. The van der Waals surface area contributed by atoms with Crippen molar-refractivity contribution in [3.05, 3.63) is 90.2 Å². The predicted molar refractivity (Wildman–Crippen MR) is 148 cm³/mol. The van der Waals surface area contributed by atoms with Gasteiger partial charge in [-0.1, -0.05) is 42.5 Å². The number of para-hydroxylation sites is 1. The van der Waals surface area contributed by atoms with Crippen LogP contribution in [0.4, 0.5) is 10.1 Å². The van der Waals surface area contributed by atoms with Gasteiger partial charge in [0, 0.05) is 12.1 Å². The first-order valence-electron chi connectivity index (χ1n) is 12.4. The number of halogens is 1. The van der Waals surface area contributed by atoms with Crippen molar-refractivity contribution >= 4 is 27.5 Å². The van der Waals surface area contributed by atoms with Crippen LogP contribution in [0.15, 0.2) is 83.8 Å². The lowest BCUT2D eigenvalue weighted by molar-refractivity contribution is -0.140. The molecule has 1 atom stereocenters. The minimum atomic E-state index is -4.33. The Bertz CT molecular complexity index is 1390. The summed E-state index contributed by atoms with van der Waals surface area (Å²) in [5.74, 6) is -1.27. The first kappa shape index (κ1) is 29.6. The number of rotatable bonds is 10. The van der Waals surface area contributed by atoms with Gasteiger partial charge in [0.05, 0.1) is 17.7 Å². The zero-order valence-electron chi connectivity index (χ0n) is 22.7. The highest BCUT2D eigenvalue weighted by atomic mass is 32.2. The number of hydrogen-bond donors (Lipinski definition) is 1. The summed E-state index contributed by atoms with van der Waals surface area (Å²) in [5, 5.41) is 2.86. The van der Waals surface area contributed by atoms with Gasteiger partial charge in [-0.2, -0.15) is 0 Å². The molecule has 0 spiro atoms. The van der Waals surface area contributed by atoms with Gasteiger partial charge in [0.1, 0.15) is 24.2 Å². The molecule has 0 aliphatic carbocycles. The summed E-state index contributed by atoms with van der Waals surface area (Å²) in [5.41, 5.74) is -0.135. The van der Waals surface area contributed by atoms with Crippen LogP contribution in [0.2, 0.25) is 0 Å². The van der Waals surface area contributed by atoms with Crippen molar-refractivity contribution < 1.29 is 27.1 Å². The molecule has 0 aliphatic rings. The number of hydrogen-bond acceptors (Lipinski definition) is 5. The summed E-state index contributed by atoms with van der Waals surface area (Å²) in [7, 11) is -2.80. The third-order valence-corrected chi connectivity index (χ3v) is 7.68. The summed E-state index contributed by atoms with van der Waals surface area (Å²) in [6.45, 7) is 6.32. The Kier molecular flexibility index (Phi) is 9.34. The van der Waals surface area contributed by atoms with E-state index in [2.05, 4.69) is 5.32 Å². The number of anilines is 1. The molecular weight excluding hydrogens is 521 g/mol. The van der Waals surface area contributed by atoms with Gasteiger partial charge < -0.3 is 15.0 Å². The van der Waals surface area contributed by atoms with E-state index < -0.39 is 45.8 Å². The van der Waals surface area contributed by atoms with Crippen molar-refractivity contribution in [1.82, 2.24) is 10.2 Å². The molecule has 1 unspecified atom stereocenters. The van der Waals surface area contributed by atoms with E-state index >= 15 is 0 Å². The first-order chi connectivity index (χ1) is 18.3. The molecule has 10 heteroatoms. The molecule has 0 fully saturated rings. The SMILES string of the molecule is COc1ccc(CN(C(=O)CN(c2ccccc2F)S(=O)(=O)c2ccccc2)C(C)C(=O)NC(C)(C)C)cc1. The van der Waals surface area contributed by atoms with Crippen molar-refractivity contribution in [2.24, 2.45) is 0 Å². The van der Waals surface area contributed by atoms with Gasteiger partial charge in [0.15, 0.2) is 0 Å². The molecule has 0 saturated heterocycles. The topological polar surface area (TPSA) is 96.0 Å². The van der Waals surface area contributed by atoms with Crippen LogP contribution in [0.5, 0.6) is 5.75 Å². The van der Waals surface area contributed by atoms with Gasteiger partial charge in [-0.25, -0.2) is 12.8 Å². The fourth-order valence-corrected chi connectivity index (χ4v) is 5.31. The highest BCUT2D eigenvalue weighted by Crippen LogP contribution is 2.27. The van der Waals surface area contributed by atoms with Crippen LogP contribution < -0.4 is 14.4 Å². The van der Waals surface area contributed by atoms with Gasteiger partial charge in [-0.3, -0.25) is 13.9 Å². The van der Waals surface area contributed by atoms with Gasteiger partial charge >= 0.3 is 0 Å². The fourth-order valence-electron chi connectivity index (χ4n) is 3.87. The van der Waals surface area contributed by atoms with Crippen molar-refractivity contribution in [2.45, 2.75) is 50.7 Å². The van der Waals surface area contributed by atoms with Crippen LogP contribution in [-0.2, 0) is 26.2 Å². The van der Waals surface area contributed by atoms with E-state index in [0.717, 1.165) is 10.4 Å². The van der Waals surface area contributed by atoms with Crippen molar-refractivity contribution in [3.8, 4) is 5.75 Å². The van der Waals surface area contributed by atoms with E-state index in [-0.39, 0.29) is 17.1 Å². The lowest BCUT2D eigenvalue weighted by atomic mass is 10.1. The highest BCUT2D eigenvalue weighted by molar-refractivity contribution is 7.92. The second-order valence-electron chi connectivity index (χ2n) is 10.1. The lowest BCUT2D eigenvalue weighted by Crippen LogP contribution is -2.54. The second kappa shape index (κ2) is 12.3. The predicted octanol–water partition coefficient (Wildman–Crippen LogP) is 4.36. The summed E-state index contributed by atoms with van der Waals surface area (Å²) in [6, 6.07) is 18.8. The van der Waals surface area contributed by atoms with Crippen LogP contribution in [0.25, 0.3) is 0 Å². The van der Waals surface area contributed by atoms with E-state index in [0.29, 0.717) is 11.3 Å². The quantitative estimate of drug-likeness (QED) is 0.401. The Balaban J connectivity index is 2.03. The molecule has 3 rings (SSSR count). The minimum Gasteiger partial charge on any atom is -0.497 e. The maximum atomic E-state index is 14.9. The Labute approximate surface area is 229 Å². The van der Waals surface area contributed by atoms with Gasteiger partial charge in [0.2, 0.25) is 11.8 Å². The Morgan fingerprint density at radius 3 is 2.10 bits per heavy atom. The summed E-state index contributed by atoms with van der Waals surface area (Å²) < 4.78 is 48.2. The number of nitrogens with one attached hydrogen (secondary N) is 1. The molecule has 8 nitrogen and oxygen atoms in total. The number of nitrogens with zero attached hydrogens (tertiary/aromatic N) is 2. The zero-order chi connectivity index (χ0) is 28.8. The Morgan fingerprint density at radius 2 is 1.54 bits per heavy atom. The van der Waals surface area contributed by atoms with Crippen LogP contribution in [-0.4, -0.2) is 50.4 Å². The summed E-state index contributed by atoms with van der Waals surface area (Å²) in [6.07, 6.45) is 0. The molecule has 0 saturated carbocycles. The van der Waals surface area contributed by atoms with E-state index in [1.807, 2.05) is 20.8 Å². The smallest absolute Gasteiger partial charge is 0.264 e. The normalized spacial score (nSPS) is 12.4. The van der Waals surface area contributed by atoms with Crippen LogP contribution in [0.1, 0.15) is 33.3 Å². The Hall–Kier alpha value is -3.92. The minimum absolute atomic E-state index is 0.0120. The largest absolute Gasteiger partial charge is 0.497 e. The molecule has 0 heterocycles. The second-order valence-corrected chi connectivity index (χ2v) is 11.9. The van der Waals surface area contributed by atoms with Crippen LogP contribution >= 0.6 is 0 Å². The van der Waals surface area contributed by atoms with Crippen molar-refractivity contribution in [2.75, 3.05) is 18.0 Å². The summed E-state index contributed by atoms with van der Waals surface area (Å²) >= 11 is 0. The third-order valence-electron chi connectivity index (χ3n) is 5.91. The van der Waals surface area contributed by atoms with E-state index in [4.69, 9.17) is 4.74 Å². The molecule has 3 aromatic rings. The molecule has 39 heavy (non-hydrogen) atoms.